The second-order valence-electron chi connectivity index (χ2n) is 5.56. The lowest BCUT2D eigenvalue weighted by Crippen LogP contribution is -2.40. The molecule has 0 aliphatic carbocycles. The van der Waals surface area contributed by atoms with Gasteiger partial charge in [0.25, 0.3) is 0 Å². The lowest BCUT2D eigenvalue weighted by Gasteiger charge is -2.36. The number of carbonyl (C=O) groups is 1. The van der Waals surface area contributed by atoms with Gasteiger partial charge in [-0.1, -0.05) is 13.8 Å². The van der Waals surface area contributed by atoms with Crippen LogP contribution in [0.4, 0.5) is 5.69 Å². The summed E-state index contributed by atoms with van der Waals surface area (Å²) in [5.74, 6) is -1.31. The van der Waals surface area contributed by atoms with E-state index in [1.807, 2.05) is 11.9 Å². The van der Waals surface area contributed by atoms with Gasteiger partial charge >= 0.3 is 5.97 Å². The summed E-state index contributed by atoms with van der Waals surface area (Å²) in [6.45, 7) is 4.79. The fourth-order valence-corrected chi connectivity index (χ4v) is 3.31. The highest BCUT2D eigenvalue weighted by molar-refractivity contribution is 7.92. The fourth-order valence-electron chi connectivity index (χ4n) is 2.25. The SMILES string of the molecule is CC(C)C1CN(C)c2cc(S(=O)(=O)CC(=O)O)ccc2O1. The number of carboxylic acids is 1. The number of sulfone groups is 1. The molecule has 116 valence electrons. The molecule has 7 heteroatoms. The van der Waals surface area contributed by atoms with Crippen molar-refractivity contribution in [3.8, 4) is 5.75 Å². The standard InChI is InChI=1S/C14H19NO5S/c1-9(2)13-7-15(3)11-6-10(4-5-12(11)20-13)21(18,19)8-14(16)17/h4-6,9,13H,7-8H2,1-3H3,(H,16,17). The second kappa shape index (κ2) is 5.55. The molecule has 1 unspecified atom stereocenters. The molecule has 0 spiro atoms. The Hall–Kier alpha value is -1.76. The van der Waals surface area contributed by atoms with Crippen LogP contribution in [0, 0.1) is 5.92 Å². The number of fused-ring (bicyclic) bond motifs is 1. The van der Waals surface area contributed by atoms with E-state index in [9.17, 15) is 13.2 Å². The minimum atomic E-state index is -3.83. The topological polar surface area (TPSA) is 83.9 Å². The zero-order chi connectivity index (χ0) is 15.8. The molecule has 2 rings (SSSR count). The third-order valence-electron chi connectivity index (χ3n) is 3.49. The Labute approximate surface area is 124 Å². The van der Waals surface area contributed by atoms with Crippen LogP contribution in [0.1, 0.15) is 13.8 Å². The van der Waals surface area contributed by atoms with Gasteiger partial charge in [0.1, 0.15) is 11.9 Å². The molecule has 1 heterocycles. The van der Waals surface area contributed by atoms with Crippen molar-refractivity contribution >= 4 is 21.5 Å². The molecule has 0 radical (unpaired) electrons. The van der Waals surface area contributed by atoms with Crippen molar-refractivity contribution in [2.24, 2.45) is 5.92 Å². The predicted octanol–water partition coefficient (Wildman–Crippen LogP) is 1.40. The van der Waals surface area contributed by atoms with Crippen LogP contribution in [-0.4, -0.2) is 44.9 Å². The van der Waals surface area contributed by atoms with Crippen molar-refractivity contribution in [3.05, 3.63) is 18.2 Å². The van der Waals surface area contributed by atoms with Crippen LogP contribution >= 0.6 is 0 Å². The van der Waals surface area contributed by atoms with E-state index >= 15 is 0 Å². The summed E-state index contributed by atoms with van der Waals surface area (Å²) in [6, 6.07) is 4.47. The molecule has 1 N–H and O–H groups in total. The maximum absolute atomic E-state index is 12.0. The first-order chi connectivity index (χ1) is 9.70. The van der Waals surface area contributed by atoms with Crippen LogP contribution in [0.2, 0.25) is 0 Å². The van der Waals surface area contributed by atoms with Crippen LogP contribution in [0.25, 0.3) is 0 Å². The van der Waals surface area contributed by atoms with Gasteiger partial charge in [-0.15, -0.1) is 0 Å². The Morgan fingerprint density at radius 2 is 2.14 bits per heavy atom. The molecular weight excluding hydrogens is 294 g/mol. The molecule has 1 aromatic rings. The minimum absolute atomic E-state index is 0.00194. The third-order valence-corrected chi connectivity index (χ3v) is 5.09. The van der Waals surface area contributed by atoms with E-state index in [0.29, 0.717) is 23.9 Å². The van der Waals surface area contributed by atoms with Gasteiger partial charge in [-0.2, -0.15) is 0 Å². The number of likely N-dealkylation sites (N-methyl/N-ethyl adjacent to an activating group) is 1. The van der Waals surface area contributed by atoms with E-state index in [-0.39, 0.29) is 11.0 Å². The number of carboxylic acid groups (broad SMARTS) is 1. The van der Waals surface area contributed by atoms with E-state index in [2.05, 4.69) is 13.8 Å². The zero-order valence-corrected chi connectivity index (χ0v) is 13.1. The molecule has 1 aromatic carbocycles. The van der Waals surface area contributed by atoms with E-state index in [1.54, 1.807) is 6.07 Å². The van der Waals surface area contributed by atoms with Crippen LogP contribution in [0.15, 0.2) is 23.1 Å². The number of aliphatic carboxylic acids is 1. The first-order valence-electron chi connectivity index (χ1n) is 6.67. The smallest absolute Gasteiger partial charge is 0.319 e. The van der Waals surface area contributed by atoms with Crippen molar-refractivity contribution in [2.75, 3.05) is 24.2 Å². The van der Waals surface area contributed by atoms with Gasteiger partial charge in [-0.3, -0.25) is 4.79 Å². The molecule has 0 amide bonds. The van der Waals surface area contributed by atoms with E-state index in [1.165, 1.54) is 12.1 Å². The maximum Gasteiger partial charge on any atom is 0.319 e. The maximum atomic E-state index is 12.0. The molecule has 21 heavy (non-hydrogen) atoms. The third kappa shape index (κ3) is 3.29. The van der Waals surface area contributed by atoms with E-state index < -0.39 is 21.6 Å². The van der Waals surface area contributed by atoms with Crippen LogP contribution in [0.3, 0.4) is 0 Å². The first kappa shape index (κ1) is 15.6. The average molecular weight is 313 g/mol. The van der Waals surface area contributed by atoms with Crippen LogP contribution in [-0.2, 0) is 14.6 Å². The summed E-state index contributed by atoms with van der Waals surface area (Å²) in [7, 11) is -1.96. The van der Waals surface area contributed by atoms with Crippen LogP contribution in [0.5, 0.6) is 5.75 Å². The number of hydrogen-bond acceptors (Lipinski definition) is 5. The number of benzene rings is 1. The molecule has 0 saturated carbocycles. The highest BCUT2D eigenvalue weighted by atomic mass is 32.2. The summed E-state index contributed by atoms with van der Waals surface area (Å²) in [4.78, 5) is 12.6. The minimum Gasteiger partial charge on any atom is -0.486 e. The number of nitrogens with zero attached hydrogens (tertiary/aromatic N) is 1. The van der Waals surface area contributed by atoms with Crippen molar-refractivity contribution in [2.45, 2.75) is 24.8 Å². The Bertz CT molecular complexity index is 653. The van der Waals surface area contributed by atoms with Gasteiger partial charge in [-0.25, -0.2) is 8.42 Å². The molecule has 1 atom stereocenters. The molecule has 1 aliphatic rings. The lowest BCUT2D eigenvalue weighted by atomic mass is 10.0. The largest absolute Gasteiger partial charge is 0.486 e. The van der Waals surface area contributed by atoms with Gasteiger partial charge < -0.3 is 14.7 Å². The number of hydrogen-bond donors (Lipinski definition) is 1. The Balaban J connectivity index is 2.37. The van der Waals surface area contributed by atoms with Crippen molar-refractivity contribution in [1.82, 2.24) is 0 Å². The summed E-state index contributed by atoms with van der Waals surface area (Å²) in [6.07, 6.45) is 0.0453. The molecule has 6 nitrogen and oxygen atoms in total. The lowest BCUT2D eigenvalue weighted by molar-refractivity contribution is -0.134. The Kier molecular flexibility index (Phi) is 4.13. The van der Waals surface area contributed by atoms with Crippen molar-refractivity contribution in [3.63, 3.8) is 0 Å². The van der Waals surface area contributed by atoms with Gasteiger partial charge in [0.2, 0.25) is 0 Å². The highest BCUT2D eigenvalue weighted by Gasteiger charge is 2.28. The van der Waals surface area contributed by atoms with Gasteiger partial charge in [0.15, 0.2) is 15.6 Å². The highest BCUT2D eigenvalue weighted by Crippen LogP contribution is 2.36. The molecule has 0 saturated heterocycles. The summed E-state index contributed by atoms with van der Waals surface area (Å²) in [5, 5.41) is 8.68. The average Bonchev–Trinajstić information content (AvgIpc) is 2.36. The van der Waals surface area contributed by atoms with E-state index in [0.717, 1.165) is 0 Å². The van der Waals surface area contributed by atoms with Gasteiger partial charge in [0.05, 0.1) is 17.1 Å². The molecule has 0 fully saturated rings. The second-order valence-corrected chi connectivity index (χ2v) is 7.55. The van der Waals surface area contributed by atoms with Crippen molar-refractivity contribution in [1.29, 1.82) is 0 Å². The molecule has 1 aliphatic heterocycles. The molecule has 0 aromatic heterocycles. The first-order valence-corrected chi connectivity index (χ1v) is 8.32. The number of rotatable bonds is 4. The monoisotopic (exact) mass is 313 g/mol. The number of ether oxygens (including phenoxy) is 1. The van der Waals surface area contributed by atoms with Gasteiger partial charge in [-0.05, 0) is 24.1 Å². The predicted molar refractivity (Wildman–Crippen MR) is 78.7 cm³/mol. The Morgan fingerprint density at radius 3 is 2.71 bits per heavy atom. The molecular formula is C14H19NO5S. The van der Waals surface area contributed by atoms with Crippen molar-refractivity contribution < 1.29 is 23.1 Å². The normalized spacial score (nSPS) is 18.3. The zero-order valence-electron chi connectivity index (χ0n) is 12.2. The summed E-state index contributed by atoms with van der Waals surface area (Å²) < 4.78 is 29.8. The van der Waals surface area contributed by atoms with Crippen LogP contribution < -0.4 is 9.64 Å². The van der Waals surface area contributed by atoms with E-state index in [4.69, 9.17) is 9.84 Å². The van der Waals surface area contributed by atoms with Gasteiger partial charge in [0, 0.05) is 7.05 Å². The quantitative estimate of drug-likeness (QED) is 0.904. The molecule has 0 bridgehead atoms. The summed E-state index contributed by atoms with van der Waals surface area (Å²) in [5.41, 5.74) is 0.665. The Morgan fingerprint density at radius 1 is 1.48 bits per heavy atom. The number of anilines is 1. The fraction of sp³-hybridized carbons (Fsp3) is 0.500. The summed E-state index contributed by atoms with van der Waals surface area (Å²) >= 11 is 0.